The molecule has 1 aromatic carbocycles. The predicted octanol–water partition coefficient (Wildman–Crippen LogP) is 2.83. The Morgan fingerprint density at radius 1 is 1.04 bits per heavy atom. The monoisotopic (exact) mass is 438 g/mol. The minimum absolute atomic E-state index is 0.239. The molecule has 4 aromatic rings. The van der Waals surface area contributed by atoms with Crippen LogP contribution in [0.2, 0.25) is 0 Å². The summed E-state index contributed by atoms with van der Waals surface area (Å²) in [6, 6.07) is 8.51. The van der Waals surface area contributed by atoms with Crippen LogP contribution < -0.4 is 0 Å². The normalized spacial score (nSPS) is 12.3. The zero-order valence-corrected chi connectivity index (χ0v) is 15.0. The van der Waals surface area contributed by atoms with Crippen molar-refractivity contribution in [2.75, 3.05) is 0 Å². The summed E-state index contributed by atoms with van der Waals surface area (Å²) in [6.45, 7) is 1.92. The Bertz CT molecular complexity index is 1140. The molecule has 116 valence electrons. The molecule has 4 rings (SSSR count). The highest BCUT2D eigenvalue weighted by Gasteiger charge is 2.20. The fourth-order valence-corrected chi connectivity index (χ4v) is 4.31. The van der Waals surface area contributed by atoms with E-state index >= 15 is 0 Å². The van der Waals surface area contributed by atoms with E-state index < -0.39 is 10.0 Å². The molecule has 0 aliphatic heterocycles. The SMILES string of the molecule is Cc1ccc(S(=O)(=O)n2ccc3c2ncc2c(I)ncn23)cc1. The fourth-order valence-electron chi connectivity index (χ4n) is 2.49. The van der Waals surface area contributed by atoms with E-state index in [1.165, 1.54) is 10.2 Å². The largest absolute Gasteiger partial charge is 0.293 e. The van der Waals surface area contributed by atoms with Gasteiger partial charge in [-0.2, -0.15) is 0 Å². The first-order chi connectivity index (χ1) is 11.0. The topological polar surface area (TPSA) is 69.3 Å². The second-order valence-electron chi connectivity index (χ2n) is 5.19. The van der Waals surface area contributed by atoms with Crippen LogP contribution >= 0.6 is 22.6 Å². The summed E-state index contributed by atoms with van der Waals surface area (Å²) < 4.78 is 29.6. The van der Waals surface area contributed by atoms with E-state index in [1.54, 1.807) is 42.9 Å². The van der Waals surface area contributed by atoms with Gasteiger partial charge in [-0.05, 0) is 47.7 Å². The van der Waals surface area contributed by atoms with Crippen LogP contribution in [0.4, 0.5) is 0 Å². The van der Waals surface area contributed by atoms with E-state index in [9.17, 15) is 8.42 Å². The highest BCUT2D eigenvalue weighted by atomic mass is 127. The van der Waals surface area contributed by atoms with Gasteiger partial charge in [0.25, 0.3) is 10.0 Å². The molecule has 0 aliphatic rings. The first-order valence-electron chi connectivity index (χ1n) is 6.79. The number of hydrogen-bond donors (Lipinski definition) is 0. The van der Waals surface area contributed by atoms with E-state index in [-0.39, 0.29) is 4.90 Å². The summed E-state index contributed by atoms with van der Waals surface area (Å²) in [7, 11) is -3.68. The third kappa shape index (κ3) is 2.16. The van der Waals surface area contributed by atoms with Crippen LogP contribution in [-0.4, -0.2) is 26.8 Å². The number of nitrogens with zero attached hydrogens (tertiary/aromatic N) is 4. The van der Waals surface area contributed by atoms with E-state index in [4.69, 9.17) is 0 Å². The van der Waals surface area contributed by atoms with Crippen molar-refractivity contribution in [1.82, 2.24) is 18.3 Å². The summed E-state index contributed by atoms with van der Waals surface area (Å²) in [5.74, 6) is 0. The molecule has 0 saturated carbocycles. The molecule has 6 nitrogen and oxygen atoms in total. The summed E-state index contributed by atoms with van der Waals surface area (Å²) in [5, 5.41) is 0. The number of aromatic nitrogens is 4. The lowest BCUT2D eigenvalue weighted by atomic mass is 10.2. The molecule has 8 heteroatoms. The molecule has 23 heavy (non-hydrogen) atoms. The Labute approximate surface area is 146 Å². The highest BCUT2D eigenvalue weighted by molar-refractivity contribution is 14.1. The Morgan fingerprint density at radius 2 is 1.78 bits per heavy atom. The fraction of sp³-hybridized carbons (Fsp3) is 0.0667. The summed E-state index contributed by atoms with van der Waals surface area (Å²) >= 11 is 2.12. The molecule has 0 bridgehead atoms. The van der Waals surface area contributed by atoms with Crippen molar-refractivity contribution in [2.45, 2.75) is 11.8 Å². The van der Waals surface area contributed by atoms with E-state index in [0.717, 1.165) is 14.8 Å². The Kier molecular flexibility index (Phi) is 3.20. The van der Waals surface area contributed by atoms with Gasteiger partial charge in [0.2, 0.25) is 0 Å². The maximum atomic E-state index is 12.9. The van der Waals surface area contributed by atoms with Crippen molar-refractivity contribution in [3.63, 3.8) is 0 Å². The first-order valence-corrected chi connectivity index (χ1v) is 9.31. The van der Waals surface area contributed by atoms with Gasteiger partial charge >= 0.3 is 0 Å². The van der Waals surface area contributed by atoms with Crippen molar-refractivity contribution in [3.8, 4) is 0 Å². The van der Waals surface area contributed by atoms with Gasteiger partial charge in [0.15, 0.2) is 5.65 Å². The molecule has 0 saturated heterocycles. The standard InChI is InChI=1S/C15H11IN4O2S/c1-10-2-4-11(5-3-10)23(21,22)20-7-6-12-15(20)17-8-13-14(16)18-9-19(12)13/h2-9H,1H3. The smallest absolute Gasteiger partial charge is 0.269 e. The molecule has 0 atom stereocenters. The molecule has 0 unspecified atom stereocenters. The number of benzene rings is 1. The third-order valence-corrected chi connectivity index (χ3v) is 6.22. The van der Waals surface area contributed by atoms with Gasteiger partial charge in [-0.25, -0.2) is 22.4 Å². The average molecular weight is 438 g/mol. The number of rotatable bonds is 2. The van der Waals surface area contributed by atoms with Gasteiger partial charge in [-0.3, -0.25) is 4.40 Å². The molecular formula is C15H11IN4O2S. The van der Waals surface area contributed by atoms with Gasteiger partial charge in [-0.1, -0.05) is 17.7 Å². The van der Waals surface area contributed by atoms with Crippen molar-refractivity contribution < 1.29 is 8.42 Å². The molecule has 0 fully saturated rings. The van der Waals surface area contributed by atoms with Crippen LogP contribution in [0.25, 0.3) is 16.7 Å². The summed E-state index contributed by atoms with van der Waals surface area (Å²) in [4.78, 5) is 8.80. The third-order valence-electron chi connectivity index (χ3n) is 3.71. The zero-order valence-electron chi connectivity index (χ0n) is 12.0. The molecule has 3 aromatic heterocycles. The number of halogens is 1. The number of fused-ring (bicyclic) bond motifs is 3. The Morgan fingerprint density at radius 3 is 2.52 bits per heavy atom. The Hall–Kier alpha value is -1.94. The summed E-state index contributed by atoms with van der Waals surface area (Å²) in [6.07, 6.45) is 4.83. The first kappa shape index (κ1) is 14.6. The molecular weight excluding hydrogens is 427 g/mol. The predicted molar refractivity (Wildman–Crippen MR) is 95.0 cm³/mol. The quantitative estimate of drug-likeness (QED) is 0.452. The minimum Gasteiger partial charge on any atom is -0.293 e. The van der Waals surface area contributed by atoms with Crippen LogP contribution in [0, 0.1) is 10.6 Å². The van der Waals surface area contributed by atoms with Gasteiger partial charge in [0.05, 0.1) is 22.1 Å². The number of aryl methyl sites for hydroxylation is 1. The Balaban J connectivity index is 1.98. The molecule has 0 amide bonds. The zero-order chi connectivity index (χ0) is 16.2. The van der Waals surface area contributed by atoms with E-state index in [1.807, 2.05) is 11.3 Å². The van der Waals surface area contributed by atoms with Gasteiger partial charge < -0.3 is 0 Å². The van der Waals surface area contributed by atoms with Crippen molar-refractivity contribution in [1.29, 1.82) is 0 Å². The van der Waals surface area contributed by atoms with Crippen LogP contribution in [0.3, 0.4) is 0 Å². The lowest BCUT2D eigenvalue weighted by molar-refractivity contribution is 0.588. The maximum Gasteiger partial charge on any atom is 0.269 e. The molecule has 0 aliphatic carbocycles. The van der Waals surface area contributed by atoms with Crippen LogP contribution in [0.15, 0.2) is 53.9 Å². The van der Waals surface area contributed by atoms with Crippen LogP contribution in [-0.2, 0) is 10.0 Å². The average Bonchev–Trinajstić information content (AvgIpc) is 3.12. The molecule has 0 spiro atoms. The lowest BCUT2D eigenvalue weighted by Gasteiger charge is -2.07. The highest BCUT2D eigenvalue weighted by Crippen LogP contribution is 2.23. The van der Waals surface area contributed by atoms with Crippen molar-refractivity contribution >= 4 is 49.3 Å². The molecule has 0 radical (unpaired) electrons. The minimum atomic E-state index is -3.68. The van der Waals surface area contributed by atoms with Gasteiger partial charge in [-0.15, -0.1) is 0 Å². The van der Waals surface area contributed by atoms with Gasteiger partial charge in [0.1, 0.15) is 10.0 Å². The second kappa shape index (κ2) is 5.03. The summed E-state index contributed by atoms with van der Waals surface area (Å²) in [5.41, 5.74) is 2.94. The number of hydrogen-bond acceptors (Lipinski definition) is 4. The van der Waals surface area contributed by atoms with Crippen molar-refractivity contribution in [2.24, 2.45) is 0 Å². The van der Waals surface area contributed by atoms with Gasteiger partial charge in [0, 0.05) is 6.20 Å². The number of imidazole rings is 1. The van der Waals surface area contributed by atoms with Crippen LogP contribution in [0.5, 0.6) is 0 Å². The van der Waals surface area contributed by atoms with E-state index in [2.05, 4.69) is 32.6 Å². The second-order valence-corrected chi connectivity index (χ2v) is 8.02. The van der Waals surface area contributed by atoms with Crippen molar-refractivity contribution in [3.05, 3.63) is 58.3 Å². The molecule has 0 N–H and O–H groups in total. The molecule has 3 heterocycles. The lowest BCUT2D eigenvalue weighted by Crippen LogP contribution is -2.12. The maximum absolute atomic E-state index is 12.9. The van der Waals surface area contributed by atoms with Crippen LogP contribution in [0.1, 0.15) is 5.56 Å². The van der Waals surface area contributed by atoms with E-state index in [0.29, 0.717) is 11.2 Å².